The summed E-state index contributed by atoms with van der Waals surface area (Å²) >= 11 is 0. The minimum Gasteiger partial charge on any atom is -0.493 e. The molecule has 5 heteroatoms. The smallest absolute Gasteiger partial charge is 0.227 e. The molecule has 1 amide bonds. The average Bonchev–Trinajstić information content (AvgIpc) is 3.02. The Kier molecular flexibility index (Phi) is 5.84. The lowest BCUT2D eigenvalue weighted by Gasteiger charge is -2.32. The van der Waals surface area contributed by atoms with Gasteiger partial charge in [-0.3, -0.25) is 9.69 Å². The van der Waals surface area contributed by atoms with E-state index in [2.05, 4.69) is 23.2 Å². The molecule has 0 saturated carbocycles. The predicted molar refractivity (Wildman–Crippen MR) is 98.0 cm³/mol. The lowest BCUT2D eigenvalue weighted by atomic mass is 9.79. The van der Waals surface area contributed by atoms with Gasteiger partial charge in [-0.05, 0) is 38.3 Å². The Hall–Kier alpha value is -1.75. The first-order valence-corrected chi connectivity index (χ1v) is 9.48. The van der Waals surface area contributed by atoms with E-state index >= 15 is 0 Å². The van der Waals surface area contributed by atoms with Gasteiger partial charge in [-0.25, -0.2) is 0 Å². The monoisotopic (exact) mass is 346 g/mol. The Morgan fingerprint density at radius 3 is 2.96 bits per heavy atom. The van der Waals surface area contributed by atoms with Gasteiger partial charge >= 0.3 is 0 Å². The zero-order valence-corrected chi connectivity index (χ0v) is 15.5. The van der Waals surface area contributed by atoms with Crippen LogP contribution in [-0.4, -0.2) is 44.2 Å². The quantitative estimate of drug-likeness (QED) is 0.771. The van der Waals surface area contributed by atoms with E-state index in [9.17, 15) is 4.79 Å². The number of nitrogens with zero attached hydrogens (tertiary/aromatic N) is 1. The number of ether oxygens (including phenoxy) is 2. The predicted octanol–water partition coefficient (Wildman–Crippen LogP) is 2.98. The molecule has 2 aliphatic heterocycles. The number of para-hydroxylation sites is 1. The molecule has 2 fully saturated rings. The largest absolute Gasteiger partial charge is 0.493 e. The molecule has 2 heterocycles. The Bertz CT molecular complexity index is 605. The molecule has 1 aromatic carbocycles. The fourth-order valence-corrected chi connectivity index (χ4v) is 3.98. The molecular formula is C20H30N2O3. The first-order chi connectivity index (χ1) is 12.2. The summed E-state index contributed by atoms with van der Waals surface area (Å²) in [6.07, 6.45) is 5.19. The standard InChI is InChI=1S/C20H30N2O3/c1-3-4-13-25-18-16(7-5-8-17(18)24-2)14-22-12-10-20(15-22)9-6-11-21-19(20)23/h5,7-8H,3-4,6,9-15H2,1-2H3,(H,21,23)/t20-/m0/s1. The van der Waals surface area contributed by atoms with Gasteiger partial charge in [-0.2, -0.15) is 0 Å². The van der Waals surface area contributed by atoms with Crippen molar-refractivity contribution < 1.29 is 14.3 Å². The lowest BCUT2D eigenvalue weighted by molar-refractivity contribution is -0.132. The van der Waals surface area contributed by atoms with Crippen LogP contribution in [0.4, 0.5) is 0 Å². The second-order valence-corrected chi connectivity index (χ2v) is 7.25. The van der Waals surface area contributed by atoms with Crippen molar-refractivity contribution in [2.24, 2.45) is 5.41 Å². The number of rotatable bonds is 7. The molecule has 5 nitrogen and oxygen atoms in total. The van der Waals surface area contributed by atoms with Crippen LogP contribution in [0, 0.1) is 5.41 Å². The van der Waals surface area contributed by atoms with Crippen molar-refractivity contribution in [3.8, 4) is 11.5 Å². The van der Waals surface area contributed by atoms with Gasteiger partial charge in [-0.1, -0.05) is 25.5 Å². The normalized spacial score (nSPS) is 23.7. The molecule has 0 unspecified atom stereocenters. The molecule has 2 aliphatic rings. The average molecular weight is 346 g/mol. The van der Waals surface area contributed by atoms with Gasteiger partial charge in [-0.15, -0.1) is 0 Å². The second kappa shape index (κ2) is 8.09. The third-order valence-corrected chi connectivity index (χ3v) is 5.45. The van der Waals surface area contributed by atoms with Gasteiger partial charge in [0, 0.05) is 25.2 Å². The highest BCUT2D eigenvalue weighted by Crippen LogP contribution is 2.39. The molecule has 3 rings (SSSR count). The number of methoxy groups -OCH3 is 1. The zero-order valence-electron chi connectivity index (χ0n) is 15.5. The van der Waals surface area contributed by atoms with E-state index in [0.717, 1.165) is 75.3 Å². The summed E-state index contributed by atoms with van der Waals surface area (Å²) in [4.78, 5) is 14.8. The number of amides is 1. The number of carbonyl (C=O) groups excluding carboxylic acids is 1. The van der Waals surface area contributed by atoms with Crippen molar-refractivity contribution in [3.63, 3.8) is 0 Å². The van der Waals surface area contributed by atoms with Crippen LogP contribution in [0.3, 0.4) is 0 Å². The highest BCUT2D eigenvalue weighted by Gasteiger charge is 2.45. The van der Waals surface area contributed by atoms with Crippen LogP contribution in [-0.2, 0) is 11.3 Å². The van der Waals surface area contributed by atoms with Gasteiger partial charge < -0.3 is 14.8 Å². The number of nitrogens with one attached hydrogen (secondary N) is 1. The highest BCUT2D eigenvalue weighted by atomic mass is 16.5. The SMILES string of the molecule is CCCCOc1c(CN2CC[C@@]3(CCCNC3=O)C2)cccc1OC. The fraction of sp³-hybridized carbons (Fsp3) is 0.650. The molecule has 0 bridgehead atoms. The first-order valence-electron chi connectivity index (χ1n) is 9.48. The Balaban J connectivity index is 1.71. The van der Waals surface area contributed by atoms with Crippen LogP contribution < -0.4 is 14.8 Å². The second-order valence-electron chi connectivity index (χ2n) is 7.25. The first kappa shape index (κ1) is 18.1. The van der Waals surface area contributed by atoms with Crippen LogP contribution >= 0.6 is 0 Å². The Morgan fingerprint density at radius 1 is 1.32 bits per heavy atom. The number of piperidine rings is 1. The summed E-state index contributed by atoms with van der Waals surface area (Å²) < 4.78 is 11.5. The summed E-state index contributed by atoms with van der Waals surface area (Å²) in [6.45, 7) is 6.28. The number of carbonyl (C=O) groups is 1. The number of benzene rings is 1. The van der Waals surface area contributed by atoms with E-state index in [0.29, 0.717) is 6.61 Å². The maximum atomic E-state index is 12.4. The molecule has 0 aliphatic carbocycles. The van der Waals surface area contributed by atoms with E-state index in [4.69, 9.17) is 9.47 Å². The highest BCUT2D eigenvalue weighted by molar-refractivity contribution is 5.84. The van der Waals surface area contributed by atoms with Crippen LogP contribution in [0.5, 0.6) is 11.5 Å². The lowest BCUT2D eigenvalue weighted by Crippen LogP contribution is -2.47. The minimum absolute atomic E-state index is 0.180. The van der Waals surface area contributed by atoms with Gasteiger partial charge in [0.1, 0.15) is 0 Å². The van der Waals surface area contributed by atoms with E-state index in [1.165, 1.54) is 0 Å². The minimum atomic E-state index is -0.180. The van der Waals surface area contributed by atoms with Gasteiger partial charge in [0.2, 0.25) is 5.91 Å². The van der Waals surface area contributed by atoms with Crippen molar-refractivity contribution in [1.29, 1.82) is 0 Å². The molecule has 1 spiro atoms. The van der Waals surface area contributed by atoms with Crippen molar-refractivity contribution in [2.75, 3.05) is 33.4 Å². The van der Waals surface area contributed by atoms with Gasteiger partial charge in [0.25, 0.3) is 0 Å². The number of unbranched alkanes of at least 4 members (excludes halogenated alkanes) is 1. The van der Waals surface area contributed by atoms with E-state index < -0.39 is 0 Å². The summed E-state index contributed by atoms with van der Waals surface area (Å²) in [5.41, 5.74) is 0.962. The third kappa shape index (κ3) is 3.92. The van der Waals surface area contributed by atoms with Crippen LogP contribution in [0.1, 0.15) is 44.6 Å². The number of likely N-dealkylation sites (tertiary alicyclic amines) is 1. The van der Waals surface area contributed by atoms with E-state index in [1.807, 2.05) is 12.1 Å². The maximum absolute atomic E-state index is 12.4. The van der Waals surface area contributed by atoms with Gasteiger partial charge in [0.05, 0.1) is 19.1 Å². The summed E-state index contributed by atoms with van der Waals surface area (Å²) in [5, 5.41) is 3.05. The Labute approximate surface area is 150 Å². The molecule has 1 N–H and O–H groups in total. The third-order valence-electron chi connectivity index (χ3n) is 5.45. The van der Waals surface area contributed by atoms with Crippen molar-refractivity contribution in [1.82, 2.24) is 10.2 Å². The fourth-order valence-electron chi connectivity index (χ4n) is 3.98. The summed E-state index contributed by atoms with van der Waals surface area (Å²) in [7, 11) is 1.68. The molecule has 0 aromatic heterocycles. The van der Waals surface area contributed by atoms with Crippen molar-refractivity contribution in [2.45, 2.75) is 45.6 Å². The van der Waals surface area contributed by atoms with Crippen molar-refractivity contribution >= 4 is 5.91 Å². The van der Waals surface area contributed by atoms with Crippen LogP contribution in [0.2, 0.25) is 0 Å². The molecule has 1 atom stereocenters. The number of hydrogen-bond acceptors (Lipinski definition) is 4. The summed E-state index contributed by atoms with van der Waals surface area (Å²) in [6, 6.07) is 6.07. The Morgan fingerprint density at radius 2 is 2.20 bits per heavy atom. The molecule has 0 radical (unpaired) electrons. The van der Waals surface area contributed by atoms with E-state index in [-0.39, 0.29) is 11.3 Å². The molecule has 2 saturated heterocycles. The molecule has 25 heavy (non-hydrogen) atoms. The van der Waals surface area contributed by atoms with Gasteiger partial charge in [0.15, 0.2) is 11.5 Å². The molecular weight excluding hydrogens is 316 g/mol. The summed E-state index contributed by atoms with van der Waals surface area (Å²) in [5.74, 6) is 1.89. The topological polar surface area (TPSA) is 50.8 Å². The maximum Gasteiger partial charge on any atom is 0.227 e. The van der Waals surface area contributed by atoms with Crippen molar-refractivity contribution in [3.05, 3.63) is 23.8 Å². The molecule has 1 aromatic rings. The van der Waals surface area contributed by atoms with Crippen LogP contribution in [0.15, 0.2) is 18.2 Å². The number of hydrogen-bond donors (Lipinski definition) is 1. The van der Waals surface area contributed by atoms with Crippen LogP contribution in [0.25, 0.3) is 0 Å². The zero-order chi connectivity index (χ0) is 17.7. The molecule has 138 valence electrons. The van der Waals surface area contributed by atoms with E-state index in [1.54, 1.807) is 7.11 Å².